The zero-order valence-electron chi connectivity index (χ0n) is 90.2. The van der Waals surface area contributed by atoms with E-state index in [9.17, 15) is 11.0 Å². The average Bonchev–Trinajstić information content (AvgIpc) is 1.20. The molecule has 3 heterocycles. The highest BCUT2D eigenvalue weighted by Gasteiger charge is 2.23. The lowest BCUT2D eigenvalue weighted by molar-refractivity contribution is 1.64. The third-order valence-corrected chi connectivity index (χ3v) is 27.6. The second kappa shape index (κ2) is 31.0. The van der Waals surface area contributed by atoms with Crippen LogP contribution >= 0.6 is 34.0 Å². The molecule has 0 fully saturated rings. The van der Waals surface area contributed by atoms with Crippen LogP contribution in [0.5, 0.6) is 0 Å². The molecule has 3 aromatic heterocycles. The highest BCUT2D eigenvalue weighted by atomic mass is 32.1. The summed E-state index contributed by atoms with van der Waals surface area (Å²) in [6.07, 6.45) is 0. The van der Waals surface area contributed by atoms with Crippen molar-refractivity contribution in [2.75, 3.05) is 0 Å². The van der Waals surface area contributed by atoms with Gasteiger partial charge in [0, 0.05) is 60.5 Å². The van der Waals surface area contributed by atoms with Crippen molar-refractivity contribution < 1.29 is 32.9 Å². The van der Waals surface area contributed by atoms with E-state index in [2.05, 4.69) is 72.8 Å². The van der Waals surface area contributed by atoms with Crippen molar-refractivity contribution in [3.63, 3.8) is 0 Å². The molecule has 125 heavy (non-hydrogen) atoms. The van der Waals surface area contributed by atoms with Crippen LogP contribution in [0.2, 0.25) is 0 Å². The lowest BCUT2D eigenvalue weighted by atomic mass is 9.84. The van der Waals surface area contributed by atoms with Crippen molar-refractivity contribution in [1.29, 1.82) is 0 Å². The molecule has 0 aliphatic heterocycles. The molecule has 0 unspecified atom stereocenters. The van der Waals surface area contributed by atoms with Gasteiger partial charge in [-0.15, -0.1) is 34.0 Å². The number of benzene rings is 23. The van der Waals surface area contributed by atoms with Crippen molar-refractivity contribution in [2.45, 2.75) is 0 Å². The largest absolute Gasteiger partial charge is 0.135 e. The number of rotatable bonds is 9. The van der Waals surface area contributed by atoms with Gasteiger partial charge in [0.05, 0.1) is 32.9 Å². The van der Waals surface area contributed by atoms with Crippen molar-refractivity contribution in [2.24, 2.45) is 0 Å². The molecule has 23 aromatic carbocycles. The first-order chi connectivity index (χ1) is 72.0. The smallest absolute Gasteiger partial charge is 0.0629 e. The first-order valence-corrected chi connectivity index (χ1v) is 43.4. The van der Waals surface area contributed by atoms with E-state index in [1.807, 2.05) is 218 Å². The van der Waals surface area contributed by atoms with E-state index in [-0.39, 0.29) is 137 Å². The maximum absolute atomic E-state index is 9.27. The molecule has 0 amide bonds. The molecular weight excluding hydrogens is 1560 g/mol. The molecule has 3 heteroatoms. The summed E-state index contributed by atoms with van der Waals surface area (Å²) in [4.78, 5) is 0. The van der Waals surface area contributed by atoms with E-state index in [1.165, 1.54) is 46.4 Å². The average molecular weight is 1660 g/mol. The summed E-state index contributed by atoms with van der Waals surface area (Å²) in [5.74, 6) is 0. The topological polar surface area (TPSA) is 0 Å². The van der Waals surface area contributed by atoms with Crippen LogP contribution in [-0.4, -0.2) is 0 Å². The van der Waals surface area contributed by atoms with Crippen LogP contribution < -0.4 is 0 Å². The van der Waals surface area contributed by atoms with Gasteiger partial charge < -0.3 is 0 Å². The Kier molecular flexibility index (Phi) is 13.1. The van der Waals surface area contributed by atoms with Gasteiger partial charge in [0.25, 0.3) is 0 Å². The third kappa shape index (κ3) is 12.7. The van der Waals surface area contributed by atoms with Gasteiger partial charge in [0.1, 0.15) is 0 Å². The van der Waals surface area contributed by atoms with Crippen LogP contribution in [0.25, 0.3) is 247 Å². The quantitative estimate of drug-likeness (QED) is 0.126. The zero-order chi connectivity index (χ0) is 103. The third-order valence-electron chi connectivity index (χ3n) is 24.0. The van der Waals surface area contributed by atoms with Crippen LogP contribution in [0.15, 0.2) is 460 Å². The van der Waals surface area contributed by atoms with E-state index in [4.69, 9.17) is 21.9 Å². The molecule has 0 aliphatic rings. The molecule has 0 radical (unpaired) electrons. The minimum absolute atomic E-state index is 0.209. The fourth-order valence-electron chi connectivity index (χ4n) is 18.4. The molecule has 0 atom stereocenters. The summed E-state index contributed by atoms with van der Waals surface area (Å²) < 4.78 is 222. The SMILES string of the molecule is [2H]c1c([2H])c([2H])c2c(-c3ccc(-c4cccc5c4sc4ccccc45)cc3)c3c([2H])c([2H])c([2H])c([2H])c3c(-c3ccccc3)c2c1[2H].[2H]c1c([2H])c([2H])c2c(-c3ccc4ccccc4c3)c3c([2H])c([2H])c([2H])c([2H])c3c(-c3ccc(-c4cccc5c4sc4ccccc45)cc3)c2c1[2H].[2H]c1c([2H])c([2H])c2c(-c3cccc4ccccc34)c3c([2H])c([2H])c([2H])c([2H])c3c(-c3ccc(-c4cccc5c4sc4ccccc45)cc3)c2c1[2H]. The summed E-state index contributed by atoms with van der Waals surface area (Å²) in [6.45, 7) is 0. The lowest BCUT2D eigenvalue weighted by Gasteiger charge is -2.19. The van der Waals surface area contributed by atoms with Crippen molar-refractivity contribution in [1.82, 2.24) is 0 Å². The second-order valence-electron chi connectivity index (χ2n) is 30.8. The van der Waals surface area contributed by atoms with Gasteiger partial charge in [-0.3, -0.25) is 0 Å². The van der Waals surface area contributed by atoms with Gasteiger partial charge in [0.15, 0.2) is 0 Å². The molecule has 582 valence electrons. The molecular formula is C122H76S3. The first kappa shape index (κ1) is 52.9. The number of hydrogen-bond donors (Lipinski definition) is 0. The van der Waals surface area contributed by atoms with E-state index < -0.39 is 72.5 Å². The second-order valence-corrected chi connectivity index (χ2v) is 33.9. The molecule has 26 rings (SSSR count). The standard InChI is InChI=1S/2C42H26S.C38H24S/c1-2-13-30-27(11-1)12-9-20-33(30)41-36-17-5-3-15-34(36)40(35-16-4-6-18-37(35)41)29-25-23-28(24-26-29)31-19-10-21-38-32-14-7-8-22-39(32)43-42(31)38;1-2-11-30-26-31(25-20-27(30)10-1)41-36-15-5-3-13-34(36)40(35-14-4-6-16-37(35)41)29-23-21-28(22-24-29)32-17-9-18-38-33-12-7-8-19-39(33)43-42(32)38;1-2-11-26(12-3-1)36-30-14-4-6-16-32(30)37(33-17-7-5-15-31(33)36)27-23-21-25(22-24-27)28-18-10-19-34-29-13-8-9-20-35(29)39-38(28)34/h2*1-26H;1-24H/i3D,4D,5D,6D,15D,16D,17D,18D;3D,4D,5D,6D,13D,14D,15D,16D;4D,5D,6D,7D,14D,15D,16D,17D. The van der Waals surface area contributed by atoms with Gasteiger partial charge >= 0.3 is 0 Å². The predicted molar refractivity (Wildman–Crippen MR) is 547 cm³/mol. The summed E-state index contributed by atoms with van der Waals surface area (Å²) in [6, 6.07) is 94.5. The summed E-state index contributed by atoms with van der Waals surface area (Å²) in [5, 5.41) is 13.2. The van der Waals surface area contributed by atoms with Gasteiger partial charge in [-0.2, -0.15) is 0 Å². The number of thiophene rings is 3. The molecule has 0 aliphatic carbocycles. The van der Waals surface area contributed by atoms with E-state index in [0.717, 1.165) is 69.0 Å². The van der Waals surface area contributed by atoms with E-state index >= 15 is 0 Å². The Bertz CT molecular complexity index is 10100. The molecule has 0 N–H and O–H groups in total. The van der Waals surface area contributed by atoms with Gasteiger partial charge in [0.2, 0.25) is 0 Å². The number of fused-ring (bicyclic) bond motifs is 17. The van der Waals surface area contributed by atoms with Gasteiger partial charge in [-0.1, -0.05) is 436 Å². The predicted octanol–water partition coefficient (Wildman–Crippen LogP) is 36.4. The fourth-order valence-corrected chi connectivity index (χ4v) is 22.1. The first-order valence-electron chi connectivity index (χ1n) is 53.0. The Labute approximate surface area is 769 Å². The van der Waals surface area contributed by atoms with Crippen molar-refractivity contribution in [3.05, 3.63) is 460 Å². The van der Waals surface area contributed by atoms with E-state index in [0.29, 0.717) is 66.8 Å². The minimum Gasteiger partial charge on any atom is -0.135 e. The summed E-state index contributed by atoms with van der Waals surface area (Å²) in [7, 11) is 0. The van der Waals surface area contributed by atoms with Crippen LogP contribution in [0.3, 0.4) is 0 Å². The van der Waals surface area contributed by atoms with Gasteiger partial charge in [-0.25, -0.2) is 0 Å². The molecule has 26 aromatic rings. The monoisotopic (exact) mass is 1660 g/mol. The Morgan fingerprint density at radius 2 is 0.384 bits per heavy atom. The Balaban J connectivity index is 0.000000119. The molecule has 0 spiro atoms. The minimum atomic E-state index is -0.411. The Morgan fingerprint density at radius 3 is 0.744 bits per heavy atom. The van der Waals surface area contributed by atoms with Crippen LogP contribution in [0.1, 0.15) is 32.9 Å². The highest BCUT2D eigenvalue weighted by Crippen LogP contribution is 2.51. The zero-order valence-corrected chi connectivity index (χ0v) is 68.7. The molecule has 0 nitrogen and oxygen atoms in total. The summed E-state index contributed by atoms with van der Waals surface area (Å²) in [5.41, 5.74) is 11.7. The number of hydrogen-bond acceptors (Lipinski definition) is 3. The molecule has 0 bridgehead atoms. The maximum Gasteiger partial charge on any atom is 0.0629 e. The normalized spacial score (nSPS) is 14.4. The van der Waals surface area contributed by atoms with Crippen molar-refractivity contribution >= 4 is 181 Å². The van der Waals surface area contributed by atoms with E-state index in [1.54, 1.807) is 58.3 Å². The summed E-state index contributed by atoms with van der Waals surface area (Å²) >= 11 is 5.20. The van der Waals surface area contributed by atoms with Crippen LogP contribution in [0, 0.1) is 0 Å². The molecule has 0 saturated heterocycles. The van der Waals surface area contributed by atoms with Crippen LogP contribution in [-0.2, 0) is 0 Å². The van der Waals surface area contributed by atoms with Crippen molar-refractivity contribution in [3.8, 4) is 100 Å². The Morgan fingerprint density at radius 1 is 0.144 bits per heavy atom. The highest BCUT2D eigenvalue weighted by molar-refractivity contribution is 7.27. The fraction of sp³-hybridized carbons (Fsp3) is 0. The Hall–Kier alpha value is -15.2. The maximum atomic E-state index is 9.27. The lowest BCUT2D eigenvalue weighted by Crippen LogP contribution is -1.91. The van der Waals surface area contributed by atoms with Gasteiger partial charge in [-0.05, 0) is 211 Å². The van der Waals surface area contributed by atoms with Crippen LogP contribution in [0.4, 0.5) is 0 Å². The molecule has 0 saturated carbocycles.